The van der Waals surface area contributed by atoms with Crippen molar-refractivity contribution >= 4 is 17.8 Å². The number of aromatic amines is 2. The van der Waals surface area contributed by atoms with E-state index in [9.17, 15) is 19.7 Å². The lowest BCUT2D eigenvalue weighted by atomic mass is 10.2. The van der Waals surface area contributed by atoms with E-state index in [0.717, 1.165) is 5.56 Å². The second kappa shape index (κ2) is 6.75. The van der Waals surface area contributed by atoms with Crippen molar-refractivity contribution in [3.05, 3.63) is 101 Å². The van der Waals surface area contributed by atoms with Crippen LogP contribution in [0.5, 0.6) is 0 Å². The predicted molar refractivity (Wildman–Crippen MR) is 91.4 cm³/mol. The van der Waals surface area contributed by atoms with Crippen molar-refractivity contribution in [3.8, 4) is 0 Å². The molecule has 0 aliphatic carbocycles. The quantitative estimate of drug-likeness (QED) is 0.516. The summed E-state index contributed by atoms with van der Waals surface area (Å²) in [6, 6.07) is 9.04. The van der Waals surface area contributed by atoms with Crippen LogP contribution in [0.4, 0.5) is 5.69 Å². The van der Waals surface area contributed by atoms with E-state index in [-0.39, 0.29) is 16.4 Å². The molecule has 0 aliphatic heterocycles. The van der Waals surface area contributed by atoms with Gasteiger partial charge in [-0.2, -0.15) is 0 Å². The van der Waals surface area contributed by atoms with E-state index in [4.69, 9.17) is 0 Å². The third-order valence-electron chi connectivity index (χ3n) is 3.42. The monoisotopic (exact) mass is 336 g/mol. The zero-order valence-electron chi connectivity index (χ0n) is 12.8. The molecule has 0 bridgehead atoms. The fourth-order valence-corrected chi connectivity index (χ4v) is 2.18. The molecule has 0 fully saturated rings. The van der Waals surface area contributed by atoms with Gasteiger partial charge in [0.25, 0.3) is 16.8 Å². The van der Waals surface area contributed by atoms with Crippen molar-refractivity contribution in [2.45, 2.75) is 0 Å². The first-order valence-corrected chi connectivity index (χ1v) is 7.23. The summed E-state index contributed by atoms with van der Waals surface area (Å²) < 4.78 is 0. The molecule has 0 saturated heterocycles. The third kappa shape index (κ3) is 3.75. The molecule has 0 spiro atoms. The fourth-order valence-electron chi connectivity index (χ4n) is 2.18. The maximum absolute atomic E-state index is 12.2. The van der Waals surface area contributed by atoms with Crippen LogP contribution in [0, 0.1) is 10.1 Å². The van der Waals surface area contributed by atoms with Crippen molar-refractivity contribution in [3.63, 3.8) is 0 Å². The molecule has 0 unspecified atom stereocenters. The standard InChI is InChI=1S/C17H12N4O4/c22-16-14(9-11-1-3-13(4-2-11)21(24)25)19-17(23)15(20-16)10-12-5-7-18-8-6-12/h1-10H,(H,19,23)(H,20,22)/b14-9+,15-10-. The summed E-state index contributed by atoms with van der Waals surface area (Å²) in [5.74, 6) is 0. The van der Waals surface area contributed by atoms with Crippen molar-refractivity contribution in [1.29, 1.82) is 0 Å². The summed E-state index contributed by atoms with van der Waals surface area (Å²) in [6.45, 7) is 0. The number of nitro benzene ring substituents is 1. The van der Waals surface area contributed by atoms with Gasteiger partial charge in [0.2, 0.25) is 0 Å². The van der Waals surface area contributed by atoms with Crippen molar-refractivity contribution in [2.75, 3.05) is 0 Å². The molecular weight excluding hydrogens is 324 g/mol. The van der Waals surface area contributed by atoms with Gasteiger partial charge >= 0.3 is 0 Å². The van der Waals surface area contributed by atoms with E-state index in [1.165, 1.54) is 36.4 Å². The summed E-state index contributed by atoms with van der Waals surface area (Å²) in [4.78, 5) is 43.4. The Hall–Kier alpha value is -3.81. The molecule has 8 heteroatoms. The minimum absolute atomic E-state index is 0.0538. The molecule has 0 aliphatic rings. The summed E-state index contributed by atoms with van der Waals surface area (Å²) in [5.41, 5.74) is 0.297. The fraction of sp³-hybridized carbons (Fsp3) is 0. The molecule has 124 valence electrons. The van der Waals surface area contributed by atoms with Gasteiger partial charge in [-0.1, -0.05) is 0 Å². The van der Waals surface area contributed by atoms with Crippen molar-refractivity contribution in [1.82, 2.24) is 15.0 Å². The Morgan fingerprint density at radius 1 is 0.840 bits per heavy atom. The number of nitro groups is 1. The highest BCUT2D eigenvalue weighted by Crippen LogP contribution is 2.11. The van der Waals surface area contributed by atoms with E-state index < -0.39 is 16.0 Å². The topological polar surface area (TPSA) is 122 Å². The Bertz CT molecular complexity index is 1150. The number of aromatic nitrogens is 3. The Balaban J connectivity index is 2.06. The lowest BCUT2D eigenvalue weighted by Gasteiger charge is -1.95. The number of benzene rings is 1. The maximum atomic E-state index is 12.2. The molecule has 3 aromatic rings. The molecule has 25 heavy (non-hydrogen) atoms. The normalized spacial score (nSPS) is 12.3. The van der Waals surface area contributed by atoms with Crippen LogP contribution >= 0.6 is 0 Å². The maximum Gasteiger partial charge on any atom is 0.272 e. The number of pyridine rings is 1. The Morgan fingerprint density at radius 2 is 1.32 bits per heavy atom. The predicted octanol–water partition coefficient (Wildman–Crippen LogP) is 0.0240. The zero-order valence-corrected chi connectivity index (χ0v) is 12.8. The number of nitrogens with one attached hydrogen (secondary N) is 2. The number of hydrogen-bond donors (Lipinski definition) is 2. The number of hydrogen-bond acceptors (Lipinski definition) is 5. The number of rotatable bonds is 3. The lowest BCUT2D eigenvalue weighted by molar-refractivity contribution is -0.384. The molecule has 0 radical (unpaired) electrons. The summed E-state index contributed by atoms with van der Waals surface area (Å²) in [7, 11) is 0. The van der Waals surface area contributed by atoms with Crippen LogP contribution in [0.1, 0.15) is 11.1 Å². The van der Waals surface area contributed by atoms with Gasteiger partial charge in [0.15, 0.2) is 0 Å². The molecule has 8 nitrogen and oxygen atoms in total. The summed E-state index contributed by atoms with van der Waals surface area (Å²) >= 11 is 0. The minimum atomic E-state index is -0.512. The second-order valence-electron chi connectivity index (χ2n) is 5.15. The van der Waals surface area contributed by atoms with Gasteiger partial charge in [-0.15, -0.1) is 0 Å². The van der Waals surface area contributed by atoms with Gasteiger partial charge in [-0.05, 0) is 47.5 Å². The first-order valence-electron chi connectivity index (χ1n) is 7.23. The Morgan fingerprint density at radius 3 is 1.80 bits per heavy atom. The molecule has 2 N–H and O–H groups in total. The lowest BCUT2D eigenvalue weighted by Crippen LogP contribution is -2.46. The molecule has 2 aromatic heterocycles. The molecular formula is C17H12N4O4. The zero-order chi connectivity index (χ0) is 17.8. The van der Waals surface area contributed by atoms with Gasteiger partial charge in [-0.25, -0.2) is 0 Å². The Labute approximate surface area is 140 Å². The number of H-pyrrole nitrogens is 2. The third-order valence-corrected chi connectivity index (χ3v) is 3.42. The number of non-ortho nitro benzene ring substituents is 1. The average molecular weight is 336 g/mol. The molecule has 0 saturated carbocycles. The first-order chi connectivity index (χ1) is 12.0. The number of nitrogens with zero attached hydrogens (tertiary/aromatic N) is 2. The van der Waals surface area contributed by atoms with Crippen LogP contribution < -0.4 is 21.8 Å². The highest BCUT2D eigenvalue weighted by Gasteiger charge is 2.03. The summed E-state index contributed by atoms with van der Waals surface area (Å²) in [5, 5.41) is 10.8. The van der Waals surface area contributed by atoms with Gasteiger partial charge in [0, 0.05) is 24.5 Å². The van der Waals surface area contributed by atoms with Crippen LogP contribution in [0.15, 0.2) is 58.4 Å². The van der Waals surface area contributed by atoms with Crippen LogP contribution in [0.2, 0.25) is 0 Å². The van der Waals surface area contributed by atoms with Crippen molar-refractivity contribution < 1.29 is 4.92 Å². The highest BCUT2D eigenvalue weighted by molar-refractivity contribution is 5.51. The van der Waals surface area contributed by atoms with E-state index in [1.807, 2.05) is 0 Å². The minimum Gasteiger partial charge on any atom is -0.316 e. The van der Waals surface area contributed by atoms with Gasteiger partial charge in [0.1, 0.15) is 10.7 Å². The largest absolute Gasteiger partial charge is 0.316 e. The van der Waals surface area contributed by atoms with Gasteiger partial charge in [0.05, 0.1) is 4.92 Å². The van der Waals surface area contributed by atoms with Crippen LogP contribution in [0.3, 0.4) is 0 Å². The van der Waals surface area contributed by atoms with Gasteiger partial charge in [-0.3, -0.25) is 24.7 Å². The SMILES string of the molecule is O=c1[nH]/c(=C/c2ccc([N+](=O)[O-])cc2)c(=O)[nH]/c1=C\c1ccncc1. The van der Waals surface area contributed by atoms with E-state index in [1.54, 1.807) is 24.5 Å². The molecule has 0 atom stereocenters. The van der Waals surface area contributed by atoms with Crippen LogP contribution in [-0.4, -0.2) is 19.9 Å². The smallest absolute Gasteiger partial charge is 0.272 e. The molecule has 3 rings (SSSR count). The van der Waals surface area contributed by atoms with Crippen LogP contribution in [0.25, 0.3) is 12.2 Å². The van der Waals surface area contributed by atoms with Crippen LogP contribution in [-0.2, 0) is 0 Å². The second-order valence-corrected chi connectivity index (χ2v) is 5.15. The molecule has 2 heterocycles. The van der Waals surface area contributed by atoms with Crippen molar-refractivity contribution in [2.24, 2.45) is 0 Å². The first kappa shape index (κ1) is 16.1. The van der Waals surface area contributed by atoms with E-state index >= 15 is 0 Å². The summed E-state index contributed by atoms with van der Waals surface area (Å²) in [6.07, 6.45) is 6.14. The average Bonchev–Trinajstić information content (AvgIpc) is 2.60. The van der Waals surface area contributed by atoms with E-state index in [2.05, 4.69) is 15.0 Å². The van der Waals surface area contributed by atoms with E-state index in [0.29, 0.717) is 5.56 Å². The molecule has 0 amide bonds. The highest BCUT2D eigenvalue weighted by atomic mass is 16.6. The van der Waals surface area contributed by atoms with Gasteiger partial charge < -0.3 is 9.97 Å². The molecule has 1 aromatic carbocycles. The Kier molecular flexibility index (Phi) is 4.34.